The minimum absolute atomic E-state index is 0.318. The molecule has 0 aliphatic carbocycles. The Morgan fingerprint density at radius 2 is 1.96 bits per heavy atom. The quantitative estimate of drug-likeness (QED) is 0.219. The van der Waals surface area contributed by atoms with Gasteiger partial charge in [-0.3, -0.25) is 5.01 Å². The van der Waals surface area contributed by atoms with Gasteiger partial charge in [-0.05, 0) is 36.8 Å². The molecule has 0 amide bonds. The maximum absolute atomic E-state index is 10.6. The normalized spacial score (nSPS) is 11.7. The van der Waals surface area contributed by atoms with Crippen molar-refractivity contribution in [1.29, 1.82) is 0 Å². The van der Waals surface area contributed by atoms with Crippen molar-refractivity contribution in [2.45, 2.75) is 19.4 Å². The maximum Gasteiger partial charge on any atom is 0.177 e. The van der Waals surface area contributed by atoms with Crippen LogP contribution in [0.3, 0.4) is 0 Å². The lowest BCUT2D eigenvalue weighted by Crippen LogP contribution is -2.33. The first-order valence-electron chi connectivity index (χ1n) is 8.22. The van der Waals surface area contributed by atoms with E-state index in [0.717, 1.165) is 17.0 Å². The molecule has 0 saturated heterocycles. The molecule has 2 aromatic rings. The first-order valence-corrected chi connectivity index (χ1v) is 9.79. The van der Waals surface area contributed by atoms with Crippen LogP contribution in [0.2, 0.25) is 0 Å². The Morgan fingerprint density at radius 3 is 2.62 bits per heavy atom. The number of benzene rings is 1. The van der Waals surface area contributed by atoms with E-state index in [1.807, 2.05) is 60.4 Å². The molecular weight excluding hydrogens is 354 g/mol. The Morgan fingerprint density at radius 1 is 1.23 bits per heavy atom. The second-order valence-electron chi connectivity index (χ2n) is 5.81. The summed E-state index contributed by atoms with van der Waals surface area (Å²) < 4.78 is 38.9. The van der Waals surface area contributed by atoms with Crippen LogP contribution in [0.1, 0.15) is 18.4 Å². The van der Waals surface area contributed by atoms with Crippen LogP contribution in [0.15, 0.2) is 53.9 Å². The number of anilines is 1. The number of ether oxygens (including phenoxy) is 1. The lowest BCUT2D eigenvalue weighted by Gasteiger charge is -2.12. The van der Waals surface area contributed by atoms with E-state index in [2.05, 4.69) is 5.10 Å². The standard InChI is InChI=1S/C18H23N3O4S/c1-20(17-7-9-18(25-2)10-8-17)19-14-16-6-5-12-21(15-16)11-3-4-13-26(22,23)24/h5-10,12,14-15H,3-4,11,13H2,1-2H3. The van der Waals surface area contributed by atoms with Crippen molar-refractivity contribution < 1.29 is 22.3 Å². The van der Waals surface area contributed by atoms with Gasteiger partial charge in [-0.2, -0.15) is 5.10 Å². The van der Waals surface area contributed by atoms with Gasteiger partial charge in [0.25, 0.3) is 0 Å². The van der Waals surface area contributed by atoms with E-state index >= 15 is 0 Å². The van der Waals surface area contributed by atoms with E-state index in [9.17, 15) is 13.0 Å². The zero-order valence-corrected chi connectivity index (χ0v) is 15.7. The molecule has 0 radical (unpaired) electrons. The Balaban J connectivity index is 1.93. The Bertz CT molecular complexity index is 836. The van der Waals surface area contributed by atoms with Gasteiger partial charge in [-0.1, -0.05) is 0 Å². The molecule has 0 spiro atoms. The number of hydrogen-bond acceptors (Lipinski definition) is 6. The smallest absolute Gasteiger partial charge is 0.177 e. The van der Waals surface area contributed by atoms with E-state index in [1.165, 1.54) is 0 Å². The van der Waals surface area contributed by atoms with Gasteiger partial charge in [0, 0.05) is 25.3 Å². The van der Waals surface area contributed by atoms with Crippen molar-refractivity contribution in [3.05, 3.63) is 54.4 Å². The molecule has 140 valence electrons. The van der Waals surface area contributed by atoms with Crippen LogP contribution in [0.25, 0.3) is 0 Å². The van der Waals surface area contributed by atoms with Crippen molar-refractivity contribution >= 4 is 22.0 Å². The number of rotatable bonds is 9. The zero-order valence-electron chi connectivity index (χ0n) is 14.9. The van der Waals surface area contributed by atoms with Crippen LogP contribution in [0.4, 0.5) is 5.69 Å². The fourth-order valence-electron chi connectivity index (χ4n) is 2.35. The largest absolute Gasteiger partial charge is 0.748 e. The highest BCUT2D eigenvalue weighted by atomic mass is 32.2. The molecule has 0 aliphatic heterocycles. The van der Waals surface area contributed by atoms with Crippen LogP contribution in [0, 0.1) is 0 Å². The highest BCUT2D eigenvalue weighted by molar-refractivity contribution is 7.85. The summed E-state index contributed by atoms with van der Waals surface area (Å²) in [6, 6.07) is 11.4. The summed E-state index contributed by atoms with van der Waals surface area (Å²) in [6.07, 6.45) is 6.56. The first-order chi connectivity index (χ1) is 12.4. The van der Waals surface area contributed by atoms with Crippen molar-refractivity contribution in [2.24, 2.45) is 5.10 Å². The minimum atomic E-state index is -4.13. The molecule has 7 nitrogen and oxygen atoms in total. The fraction of sp³-hybridized carbons (Fsp3) is 0.333. The molecule has 0 aliphatic rings. The van der Waals surface area contributed by atoms with E-state index in [0.29, 0.717) is 19.4 Å². The summed E-state index contributed by atoms with van der Waals surface area (Å²) in [5.41, 5.74) is 1.86. The topological polar surface area (TPSA) is 85.9 Å². The number of aryl methyl sites for hydroxylation is 1. The van der Waals surface area contributed by atoms with Crippen LogP contribution in [0.5, 0.6) is 5.75 Å². The summed E-state index contributed by atoms with van der Waals surface area (Å²) in [6.45, 7) is 0.644. The molecule has 0 unspecified atom stereocenters. The molecule has 1 aromatic carbocycles. The number of aromatic nitrogens is 1. The third kappa shape index (κ3) is 6.81. The summed E-state index contributed by atoms with van der Waals surface area (Å²) in [4.78, 5) is 0. The third-order valence-corrected chi connectivity index (χ3v) is 4.56. The SMILES string of the molecule is COc1ccc(N(C)N=Cc2ccc[n+](CCCCS(=O)(=O)[O-])c2)cc1. The number of pyridine rings is 1. The third-order valence-electron chi connectivity index (χ3n) is 3.77. The van der Waals surface area contributed by atoms with E-state index in [1.54, 1.807) is 18.3 Å². The van der Waals surface area contributed by atoms with E-state index < -0.39 is 10.1 Å². The molecule has 0 fully saturated rings. The predicted octanol–water partition coefficient (Wildman–Crippen LogP) is 1.78. The van der Waals surface area contributed by atoms with Gasteiger partial charge < -0.3 is 9.29 Å². The minimum Gasteiger partial charge on any atom is -0.748 e. The van der Waals surface area contributed by atoms with Crippen molar-refractivity contribution in [3.8, 4) is 5.75 Å². The van der Waals surface area contributed by atoms with Gasteiger partial charge >= 0.3 is 0 Å². The molecule has 2 rings (SSSR count). The van der Waals surface area contributed by atoms with Gasteiger partial charge in [0.2, 0.25) is 0 Å². The van der Waals surface area contributed by atoms with E-state index in [4.69, 9.17) is 4.74 Å². The van der Waals surface area contributed by atoms with Gasteiger partial charge in [0.05, 0.1) is 34.7 Å². The monoisotopic (exact) mass is 377 g/mol. The van der Waals surface area contributed by atoms with Gasteiger partial charge in [0.15, 0.2) is 12.4 Å². The highest BCUT2D eigenvalue weighted by Gasteiger charge is 2.04. The average Bonchev–Trinajstić information content (AvgIpc) is 2.63. The molecule has 0 N–H and O–H groups in total. The average molecular weight is 377 g/mol. The van der Waals surface area contributed by atoms with Gasteiger partial charge in [-0.25, -0.2) is 13.0 Å². The summed E-state index contributed by atoms with van der Waals surface area (Å²) in [5, 5.41) is 6.18. The second-order valence-corrected chi connectivity index (χ2v) is 7.33. The molecule has 1 aromatic heterocycles. The fourth-order valence-corrected chi connectivity index (χ4v) is 2.91. The predicted molar refractivity (Wildman–Crippen MR) is 99.4 cm³/mol. The van der Waals surface area contributed by atoms with E-state index in [-0.39, 0.29) is 5.75 Å². The molecule has 1 heterocycles. The zero-order chi connectivity index (χ0) is 19.0. The lowest BCUT2D eigenvalue weighted by molar-refractivity contribution is -0.697. The number of nitrogens with zero attached hydrogens (tertiary/aromatic N) is 3. The summed E-state index contributed by atoms with van der Waals surface area (Å²) in [5.74, 6) is 0.474. The van der Waals surface area contributed by atoms with Gasteiger partial charge in [0.1, 0.15) is 12.3 Å². The highest BCUT2D eigenvalue weighted by Crippen LogP contribution is 2.18. The lowest BCUT2D eigenvalue weighted by atomic mass is 10.3. The maximum atomic E-state index is 10.6. The number of hydrazone groups is 1. The second kappa shape index (κ2) is 9.30. The number of methoxy groups -OCH3 is 1. The number of unbranched alkanes of at least 4 members (excludes halogenated alkanes) is 1. The van der Waals surface area contributed by atoms with Crippen LogP contribution < -0.4 is 14.3 Å². The van der Waals surface area contributed by atoms with Crippen molar-refractivity contribution in [2.75, 3.05) is 24.9 Å². The molecule has 0 atom stereocenters. The first kappa shape index (κ1) is 19.9. The summed E-state index contributed by atoms with van der Waals surface area (Å²) >= 11 is 0. The van der Waals surface area contributed by atoms with Crippen LogP contribution >= 0.6 is 0 Å². The molecule has 0 bridgehead atoms. The number of hydrogen-bond donors (Lipinski definition) is 0. The van der Waals surface area contributed by atoms with Crippen LogP contribution in [-0.2, 0) is 16.7 Å². The molecule has 0 saturated carbocycles. The van der Waals surface area contributed by atoms with Crippen molar-refractivity contribution in [3.63, 3.8) is 0 Å². The molecule has 26 heavy (non-hydrogen) atoms. The summed E-state index contributed by atoms with van der Waals surface area (Å²) in [7, 11) is -0.644. The molecule has 8 heteroatoms. The molecular formula is C18H23N3O4S. The Hall–Kier alpha value is -2.45. The Kier molecular flexibility index (Phi) is 7.11. The van der Waals surface area contributed by atoms with Crippen LogP contribution in [-0.4, -0.2) is 39.1 Å². The van der Waals surface area contributed by atoms with Crippen molar-refractivity contribution in [1.82, 2.24) is 0 Å². The Labute approximate surface area is 154 Å². The van der Waals surface area contributed by atoms with Gasteiger partial charge in [-0.15, -0.1) is 0 Å².